The van der Waals surface area contributed by atoms with E-state index in [4.69, 9.17) is 0 Å². The molecule has 0 bridgehead atoms. The van der Waals surface area contributed by atoms with Gasteiger partial charge in [-0.15, -0.1) is 0 Å². The van der Waals surface area contributed by atoms with Crippen LogP contribution < -0.4 is 5.32 Å². The molecule has 0 spiro atoms. The fourth-order valence-corrected chi connectivity index (χ4v) is 2.12. The average Bonchev–Trinajstić information content (AvgIpc) is 2.66. The van der Waals surface area contributed by atoms with Crippen molar-refractivity contribution < 1.29 is 0 Å². The molecule has 1 atom stereocenters. The van der Waals surface area contributed by atoms with Gasteiger partial charge in [0.2, 0.25) is 0 Å². The fraction of sp³-hybridized carbons (Fsp3) is 1.00. The van der Waals surface area contributed by atoms with Crippen LogP contribution in [0.25, 0.3) is 0 Å². The minimum Gasteiger partial charge on any atom is -0.314 e. The molecular formula is C12H25N. The fourth-order valence-electron chi connectivity index (χ4n) is 2.12. The molecular weight excluding hydrogens is 158 g/mol. The highest BCUT2D eigenvalue weighted by atomic mass is 14.9. The van der Waals surface area contributed by atoms with E-state index in [2.05, 4.69) is 39.9 Å². The second-order valence-electron chi connectivity index (χ2n) is 5.90. The van der Waals surface area contributed by atoms with Crippen LogP contribution in [-0.2, 0) is 0 Å². The number of hydrogen-bond acceptors (Lipinski definition) is 1. The first-order valence-electron chi connectivity index (χ1n) is 5.64. The van der Waals surface area contributed by atoms with E-state index in [0.717, 1.165) is 17.9 Å². The lowest BCUT2D eigenvalue weighted by Crippen LogP contribution is -2.36. The zero-order valence-electron chi connectivity index (χ0n) is 9.85. The molecule has 1 nitrogen and oxygen atoms in total. The summed E-state index contributed by atoms with van der Waals surface area (Å²) in [4.78, 5) is 0. The molecule has 78 valence electrons. The molecule has 0 amide bonds. The first-order chi connectivity index (χ1) is 5.91. The van der Waals surface area contributed by atoms with Crippen LogP contribution in [0, 0.1) is 17.3 Å². The maximum atomic E-state index is 3.64. The van der Waals surface area contributed by atoms with Gasteiger partial charge in [0.05, 0.1) is 0 Å². The molecule has 1 unspecified atom stereocenters. The summed E-state index contributed by atoms with van der Waals surface area (Å²) < 4.78 is 0. The van der Waals surface area contributed by atoms with Gasteiger partial charge >= 0.3 is 0 Å². The Balaban J connectivity index is 2.36. The van der Waals surface area contributed by atoms with Gasteiger partial charge in [0.1, 0.15) is 0 Å². The Morgan fingerprint density at radius 1 is 1.23 bits per heavy atom. The molecule has 1 fully saturated rings. The third-order valence-electron chi connectivity index (χ3n) is 3.12. The predicted molar refractivity (Wildman–Crippen MR) is 58.8 cm³/mol. The van der Waals surface area contributed by atoms with E-state index in [1.54, 1.807) is 0 Å². The highest BCUT2D eigenvalue weighted by Gasteiger charge is 2.29. The zero-order chi connectivity index (χ0) is 10.1. The largest absolute Gasteiger partial charge is 0.314 e. The quantitative estimate of drug-likeness (QED) is 0.706. The monoisotopic (exact) mass is 183 g/mol. The first kappa shape index (κ1) is 11.0. The molecule has 1 heteroatoms. The molecule has 1 rings (SSSR count). The molecule has 0 aromatic rings. The summed E-state index contributed by atoms with van der Waals surface area (Å²) in [5.41, 5.74) is 0.441. The average molecular weight is 183 g/mol. The van der Waals surface area contributed by atoms with Gasteiger partial charge in [-0.05, 0) is 36.6 Å². The van der Waals surface area contributed by atoms with E-state index >= 15 is 0 Å². The normalized spacial score (nSPS) is 20.8. The van der Waals surface area contributed by atoms with Crippen molar-refractivity contribution in [1.29, 1.82) is 0 Å². The van der Waals surface area contributed by atoms with Crippen molar-refractivity contribution in [2.75, 3.05) is 6.54 Å². The smallest absolute Gasteiger partial charge is 0.00683 e. The molecule has 1 aliphatic rings. The lowest BCUT2D eigenvalue weighted by atomic mass is 9.74. The van der Waals surface area contributed by atoms with Crippen LogP contribution in [-0.4, -0.2) is 12.6 Å². The molecule has 0 aliphatic heterocycles. The SMILES string of the molecule is CC(C)C(CNC1CC1)C(C)(C)C. The van der Waals surface area contributed by atoms with E-state index in [1.165, 1.54) is 19.4 Å². The molecule has 0 radical (unpaired) electrons. The van der Waals surface area contributed by atoms with Crippen molar-refractivity contribution in [1.82, 2.24) is 5.32 Å². The van der Waals surface area contributed by atoms with Crippen LogP contribution in [0.2, 0.25) is 0 Å². The van der Waals surface area contributed by atoms with Gasteiger partial charge in [-0.1, -0.05) is 34.6 Å². The van der Waals surface area contributed by atoms with Crippen molar-refractivity contribution in [3.05, 3.63) is 0 Å². The van der Waals surface area contributed by atoms with E-state index in [0.29, 0.717) is 5.41 Å². The van der Waals surface area contributed by atoms with Gasteiger partial charge in [0.15, 0.2) is 0 Å². The zero-order valence-corrected chi connectivity index (χ0v) is 9.85. The van der Waals surface area contributed by atoms with Crippen molar-refractivity contribution in [2.45, 2.75) is 53.5 Å². The van der Waals surface area contributed by atoms with Gasteiger partial charge in [0, 0.05) is 6.04 Å². The lowest BCUT2D eigenvalue weighted by molar-refractivity contribution is 0.173. The van der Waals surface area contributed by atoms with Crippen LogP contribution in [0.1, 0.15) is 47.5 Å². The second-order valence-corrected chi connectivity index (χ2v) is 5.90. The van der Waals surface area contributed by atoms with E-state index < -0.39 is 0 Å². The Kier molecular flexibility index (Phi) is 3.39. The number of hydrogen-bond donors (Lipinski definition) is 1. The van der Waals surface area contributed by atoms with E-state index in [-0.39, 0.29) is 0 Å². The van der Waals surface area contributed by atoms with E-state index in [9.17, 15) is 0 Å². The Labute approximate surface area is 83.3 Å². The Hall–Kier alpha value is -0.0400. The minimum absolute atomic E-state index is 0.441. The summed E-state index contributed by atoms with van der Waals surface area (Å²) in [7, 11) is 0. The van der Waals surface area contributed by atoms with Crippen molar-refractivity contribution >= 4 is 0 Å². The van der Waals surface area contributed by atoms with Crippen molar-refractivity contribution in [2.24, 2.45) is 17.3 Å². The Morgan fingerprint density at radius 3 is 2.08 bits per heavy atom. The highest BCUT2D eigenvalue weighted by molar-refractivity contribution is 4.85. The second kappa shape index (κ2) is 4.00. The van der Waals surface area contributed by atoms with Crippen LogP contribution in [0.5, 0.6) is 0 Å². The van der Waals surface area contributed by atoms with Gasteiger partial charge in [0.25, 0.3) is 0 Å². The molecule has 0 saturated heterocycles. The van der Waals surface area contributed by atoms with Crippen LogP contribution in [0.3, 0.4) is 0 Å². The van der Waals surface area contributed by atoms with Gasteiger partial charge in [-0.25, -0.2) is 0 Å². The summed E-state index contributed by atoms with van der Waals surface area (Å²) in [6, 6.07) is 0.851. The number of rotatable bonds is 4. The summed E-state index contributed by atoms with van der Waals surface area (Å²) in [6.45, 7) is 12.9. The van der Waals surface area contributed by atoms with Gasteiger partial charge < -0.3 is 5.32 Å². The van der Waals surface area contributed by atoms with Crippen LogP contribution in [0.4, 0.5) is 0 Å². The molecule has 0 heterocycles. The van der Waals surface area contributed by atoms with Gasteiger partial charge in [-0.2, -0.15) is 0 Å². The van der Waals surface area contributed by atoms with Crippen molar-refractivity contribution in [3.8, 4) is 0 Å². The van der Waals surface area contributed by atoms with Gasteiger partial charge in [-0.3, -0.25) is 0 Å². The Bertz CT molecular complexity index is 151. The maximum Gasteiger partial charge on any atom is 0.00683 e. The molecule has 1 aliphatic carbocycles. The molecule has 1 N–H and O–H groups in total. The standard InChI is InChI=1S/C12H25N/c1-9(2)11(12(3,4)5)8-13-10-6-7-10/h9-11,13H,6-8H2,1-5H3. The third-order valence-corrected chi connectivity index (χ3v) is 3.12. The summed E-state index contributed by atoms with van der Waals surface area (Å²) in [5.74, 6) is 1.58. The summed E-state index contributed by atoms with van der Waals surface area (Å²) >= 11 is 0. The molecule has 13 heavy (non-hydrogen) atoms. The summed E-state index contributed by atoms with van der Waals surface area (Å²) in [6.07, 6.45) is 2.80. The predicted octanol–water partition coefficient (Wildman–Crippen LogP) is 3.06. The number of nitrogens with one attached hydrogen (secondary N) is 1. The third kappa shape index (κ3) is 3.68. The van der Waals surface area contributed by atoms with Crippen molar-refractivity contribution in [3.63, 3.8) is 0 Å². The topological polar surface area (TPSA) is 12.0 Å². The molecule has 0 aromatic heterocycles. The first-order valence-corrected chi connectivity index (χ1v) is 5.64. The lowest BCUT2D eigenvalue weighted by Gasteiger charge is -2.34. The summed E-state index contributed by atoms with van der Waals surface area (Å²) in [5, 5.41) is 3.64. The Morgan fingerprint density at radius 2 is 1.77 bits per heavy atom. The highest BCUT2D eigenvalue weighted by Crippen LogP contribution is 2.32. The minimum atomic E-state index is 0.441. The van der Waals surface area contributed by atoms with E-state index in [1.807, 2.05) is 0 Å². The van der Waals surface area contributed by atoms with Crippen LogP contribution >= 0.6 is 0 Å². The maximum absolute atomic E-state index is 3.64. The molecule has 0 aromatic carbocycles. The van der Waals surface area contributed by atoms with Crippen LogP contribution in [0.15, 0.2) is 0 Å². The molecule has 1 saturated carbocycles.